The van der Waals surface area contributed by atoms with Gasteiger partial charge in [0, 0.05) is 43.1 Å². The maximum absolute atomic E-state index is 14.0. The number of anilines is 4. The highest BCUT2D eigenvalue weighted by Gasteiger charge is 2.14. The van der Waals surface area contributed by atoms with Gasteiger partial charge < -0.3 is 21.3 Å². The summed E-state index contributed by atoms with van der Waals surface area (Å²) in [6.45, 7) is 4.05. The first kappa shape index (κ1) is 16.8. The van der Waals surface area contributed by atoms with Gasteiger partial charge in [-0.2, -0.15) is 0 Å². The van der Waals surface area contributed by atoms with Crippen molar-refractivity contribution in [3.63, 3.8) is 0 Å². The Kier molecular flexibility index (Phi) is 4.73. The number of nitrogen functional groups attached to an aromatic ring is 1. The number of aromatic nitrogens is 1. The predicted molar refractivity (Wildman–Crippen MR) is 107 cm³/mol. The topological polar surface area (TPSA) is 66.2 Å². The number of hydrogen-bond acceptors (Lipinski definition) is 6. The lowest BCUT2D eigenvalue weighted by Crippen LogP contribution is -2.43. The third-order valence-corrected chi connectivity index (χ3v) is 5.39. The molecule has 2 heterocycles. The van der Waals surface area contributed by atoms with E-state index in [2.05, 4.69) is 32.7 Å². The lowest BCUT2D eigenvalue weighted by molar-refractivity contribution is 0.589. The molecular formula is C19H20FN5S. The van der Waals surface area contributed by atoms with Gasteiger partial charge in [0.2, 0.25) is 0 Å². The van der Waals surface area contributed by atoms with Crippen LogP contribution in [-0.4, -0.2) is 31.2 Å². The Bertz CT molecular complexity index is 887. The molecule has 134 valence electrons. The van der Waals surface area contributed by atoms with Crippen LogP contribution < -0.4 is 21.3 Å². The van der Waals surface area contributed by atoms with Crippen molar-refractivity contribution in [3.8, 4) is 10.4 Å². The minimum absolute atomic E-state index is 0.297. The van der Waals surface area contributed by atoms with Crippen molar-refractivity contribution < 1.29 is 4.39 Å². The molecule has 1 aromatic heterocycles. The Labute approximate surface area is 155 Å². The summed E-state index contributed by atoms with van der Waals surface area (Å²) in [5.74, 6) is 0.0369. The van der Waals surface area contributed by atoms with Gasteiger partial charge >= 0.3 is 0 Å². The second kappa shape index (κ2) is 7.31. The monoisotopic (exact) mass is 369 g/mol. The third-order valence-electron chi connectivity index (χ3n) is 4.37. The van der Waals surface area contributed by atoms with Gasteiger partial charge in [0.15, 0.2) is 5.13 Å². The first-order valence-corrected chi connectivity index (χ1v) is 9.36. The van der Waals surface area contributed by atoms with Crippen LogP contribution in [0.5, 0.6) is 0 Å². The number of nitrogens with one attached hydrogen (secondary N) is 2. The first-order valence-electron chi connectivity index (χ1n) is 8.55. The molecule has 3 aromatic rings. The largest absolute Gasteiger partial charge is 0.382 e. The summed E-state index contributed by atoms with van der Waals surface area (Å²) in [4.78, 5) is 7.34. The second-order valence-electron chi connectivity index (χ2n) is 6.12. The molecule has 0 bridgehead atoms. The zero-order valence-corrected chi connectivity index (χ0v) is 15.0. The highest BCUT2D eigenvalue weighted by molar-refractivity contribution is 7.19. The van der Waals surface area contributed by atoms with Gasteiger partial charge in [-0.15, -0.1) is 0 Å². The molecule has 0 aliphatic carbocycles. The molecule has 4 rings (SSSR count). The van der Waals surface area contributed by atoms with Crippen molar-refractivity contribution in [3.05, 3.63) is 54.3 Å². The van der Waals surface area contributed by atoms with E-state index in [9.17, 15) is 4.39 Å². The smallest absolute Gasteiger partial charge is 0.189 e. The van der Waals surface area contributed by atoms with Crippen molar-refractivity contribution in [1.82, 2.24) is 10.3 Å². The van der Waals surface area contributed by atoms with Crippen LogP contribution in [0.3, 0.4) is 0 Å². The van der Waals surface area contributed by atoms with E-state index in [-0.39, 0.29) is 5.82 Å². The van der Waals surface area contributed by atoms with Crippen LogP contribution in [-0.2, 0) is 0 Å². The highest BCUT2D eigenvalue weighted by Crippen LogP contribution is 2.37. The van der Waals surface area contributed by atoms with Crippen molar-refractivity contribution in [1.29, 1.82) is 0 Å². The van der Waals surface area contributed by atoms with E-state index >= 15 is 0 Å². The Morgan fingerprint density at radius 2 is 1.81 bits per heavy atom. The van der Waals surface area contributed by atoms with Gasteiger partial charge in [-0.3, -0.25) is 0 Å². The average molecular weight is 369 g/mol. The van der Waals surface area contributed by atoms with Crippen LogP contribution in [0.1, 0.15) is 0 Å². The van der Waals surface area contributed by atoms with E-state index in [1.807, 2.05) is 12.1 Å². The molecule has 5 nitrogen and oxygen atoms in total. The minimum Gasteiger partial charge on any atom is -0.382 e. The van der Waals surface area contributed by atoms with Crippen molar-refractivity contribution in [2.75, 3.05) is 42.1 Å². The van der Waals surface area contributed by atoms with Crippen molar-refractivity contribution in [2.24, 2.45) is 0 Å². The fourth-order valence-corrected chi connectivity index (χ4v) is 3.96. The van der Waals surface area contributed by atoms with Crippen LogP contribution in [0, 0.1) is 5.82 Å². The van der Waals surface area contributed by atoms with Crippen LogP contribution in [0.15, 0.2) is 48.5 Å². The van der Waals surface area contributed by atoms with E-state index in [4.69, 9.17) is 5.73 Å². The van der Waals surface area contributed by atoms with Crippen LogP contribution in [0.2, 0.25) is 0 Å². The molecule has 0 amide bonds. The van der Waals surface area contributed by atoms with Gasteiger partial charge in [-0.1, -0.05) is 29.5 Å². The molecule has 0 radical (unpaired) electrons. The third kappa shape index (κ3) is 3.49. The van der Waals surface area contributed by atoms with Crippen LogP contribution >= 0.6 is 11.3 Å². The number of piperazine rings is 1. The van der Waals surface area contributed by atoms with E-state index in [0.717, 1.165) is 31.9 Å². The molecule has 4 N–H and O–H groups in total. The zero-order chi connectivity index (χ0) is 17.9. The zero-order valence-electron chi connectivity index (χ0n) is 14.2. The summed E-state index contributed by atoms with van der Waals surface area (Å²) in [7, 11) is 0. The molecule has 7 heteroatoms. The number of nitrogens with zero attached hydrogens (tertiary/aromatic N) is 2. The SMILES string of the molecule is Nc1nc(Nc2ccc(N3CCNCC3)cc2)sc1-c1ccccc1F. The lowest BCUT2D eigenvalue weighted by Gasteiger charge is -2.29. The number of halogens is 1. The van der Waals surface area contributed by atoms with Crippen LogP contribution in [0.25, 0.3) is 10.4 Å². The standard InChI is InChI=1S/C19H20FN5S/c20-16-4-2-1-3-15(16)17-18(21)24-19(26-17)23-13-5-7-14(8-6-13)25-11-9-22-10-12-25/h1-8,22H,9-12,21H2,(H,23,24). The Hall–Kier alpha value is -2.64. The van der Waals surface area contributed by atoms with Gasteiger partial charge in [-0.25, -0.2) is 9.37 Å². The summed E-state index contributed by atoms with van der Waals surface area (Å²) < 4.78 is 14.0. The van der Waals surface area contributed by atoms with E-state index in [1.165, 1.54) is 23.1 Å². The molecule has 1 saturated heterocycles. The number of benzene rings is 2. The average Bonchev–Trinajstić information content (AvgIpc) is 3.03. The molecule has 1 aliphatic rings. The summed E-state index contributed by atoms with van der Waals surface area (Å²) >= 11 is 1.35. The fourth-order valence-electron chi connectivity index (χ4n) is 3.03. The number of hydrogen-bond donors (Lipinski definition) is 3. The summed E-state index contributed by atoms with van der Waals surface area (Å²) in [6.07, 6.45) is 0. The molecule has 0 unspecified atom stereocenters. The van der Waals surface area contributed by atoms with Crippen LogP contribution in [0.4, 0.5) is 26.7 Å². The first-order chi connectivity index (χ1) is 12.7. The van der Waals surface area contributed by atoms with E-state index < -0.39 is 0 Å². The number of nitrogens with two attached hydrogens (primary N) is 1. The second-order valence-corrected chi connectivity index (χ2v) is 7.12. The van der Waals surface area contributed by atoms with Gasteiger partial charge in [0.05, 0.1) is 4.88 Å². The maximum Gasteiger partial charge on any atom is 0.189 e. The van der Waals surface area contributed by atoms with Gasteiger partial charge in [-0.05, 0) is 30.3 Å². The van der Waals surface area contributed by atoms with E-state index in [0.29, 0.717) is 21.4 Å². The fraction of sp³-hybridized carbons (Fsp3) is 0.211. The molecule has 26 heavy (non-hydrogen) atoms. The Balaban J connectivity index is 1.51. The lowest BCUT2D eigenvalue weighted by atomic mass is 10.2. The quantitative estimate of drug-likeness (QED) is 0.655. The summed E-state index contributed by atoms with van der Waals surface area (Å²) in [6, 6.07) is 14.8. The van der Waals surface area contributed by atoms with Gasteiger partial charge in [0.1, 0.15) is 11.6 Å². The summed E-state index contributed by atoms with van der Waals surface area (Å²) in [5.41, 5.74) is 8.61. The van der Waals surface area contributed by atoms with Crippen molar-refractivity contribution in [2.45, 2.75) is 0 Å². The molecule has 0 saturated carbocycles. The summed E-state index contributed by atoms with van der Waals surface area (Å²) in [5, 5.41) is 7.26. The molecule has 1 fully saturated rings. The Morgan fingerprint density at radius 1 is 1.08 bits per heavy atom. The van der Waals surface area contributed by atoms with Gasteiger partial charge in [0.25, 0.3) is 0 Å². The van der Waals surface area contributed by atoms with E-state index in [1.54, 1.807) is 18.2 Å². The molecule has 0 atom stereocenters. The predicted octanol–water partition coefficient (Wildman–Crippen LogP) is 3.68. The normalized spacial score (nSPS) is 14.4. The van der Waals surface area contributed by atoms with Crippen molar-refractivity contribution >= 4 is 33.7 Å². The molecule has 1 aliphatic heterocycles. The maximum atomic E-state index is 14.0. The number of rotatable bonds is 4. The highest BCUT2D eigenvalue weighted by atomic mass is 32.1. The molecule has 2 aromatic carbocycles. The molecular weight excluding hydrogens is 349 g/mol. The minimum atomic E-state index is -0.297. The Morgan fingerprint density at radius 3 is 2.54 bits per heavy atom. The number of thiazole rings is 1. The molecule has 0 spiro atoms.